The standard InChI is InChI=1S/C7H16O3P/c1-3-4-5-6-7-10-11(8)9-2/h3-7H2,1-2H3/q+1. The van der Waals surface area contributed by atoms with Gasteiger partial charge in [0.05, 0.1) is 7.11 Å². The minimum absolute atomic E-state index is 0.545. The van der Waals surface area contributed by atoms with Crippen molar-refractivity contribution in [1.29, 1.82) is 0 Å². The molecule has 0 amide bonds. The maximum atomic E-state index is 10.5. The monoisotopic (exact) mass is 179 g/mol. The lowest BCUT2D eigenvalue weighted by Crippen LogP contribution is -1.87. The molecule has 0 aromatic heterocycles. The highest BCUT2D eigenvalue weighted by molar-refractivity contribution is 7.33. The Morgan fingerprint density at radius 3 is 2.55 bits per heavy atom. The molecule has 0 N–H and O–H groups in total. The van der Waals surface area contributed by atoms with Crippen molar-refractivity contribution in [2.75, 3.05) is 13.7 Å². The topological polar surface area (TPSA) is 35.5 Å². The summed E-state index contributed by atoms with van der Waals surface area (Å²) in [5.74, 6) is 0. The summed E-state index contributed by atoms with van der Waals surface area (Å²) >= 11 is 0. The van der Waals surface area contributed by atoms with E-state index < -0.39 is 8.25 Å². The van der Waals surface area contributed by atoms with Gasteiger partial charge in [-0.15, -0.1) is 9.05 Å². The molecule has 0 radical (unpaired) electrons. The molecule has 4 heteroatoms. The molecular formula is C7H16O3P+. The van der Waals surface area contributed by atoms with E-state index in [4.69, 9.17) is 4.52 Å². The zero-order valence-corrected chi connectivity index (χ0v) is 8.10. The van der Waals surface area contributed by atoms with Crippen LogP contribution in [0.5, 0.6) is 0 Å². The first-order chi connectivity index (χ1) is 5.31. The lowest BCUT2D eigenvalue weighted by Gasteiger charge is -1.92. The molecule has 1 unspecified atom stereocenters. The molecule has 3 nitrogen and oxygen atoms in total. The van der Waals surface area contributed by atoms with Crippen molar-refractivity contribution in [2.45, 2.75) is 32.6 Å². The second kappa shape index (κ2) is 8.12. The largest absolute Gasteiger partial charge is 0.697 e. The van der Waals surface area contributed by atoms with Crippen LogP contribution in [-0.2, 0) is 13.6 Å². The predicted octanol–water partition coefficient (Wildman–Crippen LogP) is 2.89. The Kier molecular flexibility index (Phi) is 8.13. The lowest BCUT2D eigenvalue weighted by molar-refractivity contribution is 0.250. The first-order valence-corrected chi connectivity index (χ1v) is 5.05. The van der Waals surface area contributed by atoms with Crippen molar-refractivity contribution in [3.8, 4) is 0 Å². The van der Waals surface area contributed by atoms with Gasteiger partial charge in [0.15, 0.2) is 0 Å². The molecule has 0 spiro atoms. The van der Waals surface area contributed by atoms with Gasteiger partial charge in [-0.3, -0.25) is 0 Å². The second-order valence-corrected chi connectivity index (χ2v) is 3.37. The molecule has 0 fully saturated rings. The molecule has 0 saturated heterocycles. The molecule has 0 bridgehead atoms. The SMILES string of the molecule is CCCCCCO[P+](=O)OC. The molecule has 0 aromatic carbocycles. The van der Waals surface area contributed by atoms with E-state index in [-0.39, 0.29) is 0 Å². The van der Waals surface area contributed by atoms with E-state index in [0.29, 0.717) is 6.61 Å². The molecule has 0 aromatic rings. The molecule has 0 aliphatic carbocycles. The van der Waals surface area contributed by atoms with E-state index in [1.807, 2.05) is 0 Å². The molecule has 0 aliphatic rings. The molecular weight excluding hydrogens is 163 g/mol. The molecule has 11 heavy (non-hydrogen) atoms. The summed E-state index contributed by atoms with van der Waals surface area (Å²) in [6.45, 7) is 2.69. The summed E-state index contributed by atoms with van der Waals surface area (Å²) in [5.41, 5.74) is 0. The fourth-order valence-electron chi connectivity index (χ4n) is 0.721. The van der Waals surface area contributed by atoms with Crippen molar-refractivity contribution in [3.05, 3.63) is 0 Å². The fraction of sp³-hybridized carbons (Fsp3) is 1.00. The average molecular weight is 179 g/mol. The maximum Gasteiger partial charge on any atom is 0.697 e. The Morgan fingerprint density at radius 1 is 1.27 bits per heavy atom. The molecule has 66 valence electrons. The van der Waals surface area contributed by atoms with Crippen LogP contribution >= 0.6 is 8.25 Å². The quantitative estimate of drug-likeness (QED) is 0.445. The zero-order chi connectivity index (χ0) is 8.53. The maximum absolute atomic E-state index is 10.5. The predicted molar refractivity (Wildman–Crippen MR) is 44.7 cm³/mol. The number of hydrogen-bond acceptors (Lipinski definition) is 3. The summed E-state index contributed by atoms with van der Waals surface area (Å²) in [7, 11) is -0.470. The average Bonchev–Trinajstić information content (AvgIpc) is 2.04. The third-order valence-electron chi connectivity index (χ3n) is 1.34. The number of unbranched alkanes of at least 4 members (excludes halogenated alkanes) is 3. The Bertz CT molecular complexity index is 106. The number of hydrogen-bond donors (Lipinski definition) is 0. The summed E-state index contributed by atoms with van der Waals surface area (Å²) in [6, 6.07) is 0. The fourth-order valence-corrected chi connectivity index (χ4v) is 1.10. The van der Waals surface area contributed by atoms with E-state index in [9.17, 15) is 4.57 Å². The highest BCUT2D eigenvalue weighted by Gasteiger charge is 2.15. The third kappa shape index (κ3) is 7.92. The van der Waals surface area contributed by atoms with Crippen LogP contribution in [0.25, 0.3) is 0 Å². The highest BCUT2D eigenvalue weighted by Crippen LogP contribution is 2.21. The van der Waals surface area contributed by atoms with Crippen molar-refractivity contribution in [3.63, 3.8) is 0 Å². The van der Waals surface area contributed by atoms with Gasteiger partial charge in [0.1, 0.15) is 6.61 Å². The third-order valence-corrected chi connectivity index (χ3v) is 2.04. The molecule has 0 rings (SSSR count). The van der Waals surface area contributed by atoms with Crippen molar-refractivity contribution in [2.24, 2.45) is 0 Å². The Morgan fingerprint density at radius 2 is 2.00 bits per heavy atom. The van der Waals surface area contributed by atoms with Crippen LogP contribution in [0.4, 0.5) is 0 Å². The normalized spacial score (nSPS) is 11.6. The summed E-state index contributed by atoms with van der Waals surface area (Å²) in [4.78, 5) is 0. The van der Waals surface area contributed by atoms with Gasteiger partial charge in [0, 0.05) is 4.57 Å². The molecule has 0 heterocycles. The smallest absolute Gasteiger partial charge is 0.122 e. The van der Waals surface area contributed by atoms with Crippen LogP contribution in [0.3, 0.4) is 0 Å². The Balaban J connectivity index is 2.95. The van der Waals surface area contributed by atoms with Crippen LogP contribution in [0.2, 0.25) is 0 Å². The summed E-state index contributed by atoms with van der Waals surface area (Å²) in [6.07, 6.45) is 4.53. The Labute approximate surface area is 69.0 Å². The molecule has 0 aliphatic heterocycles. The number of rotatable bonds is 7. The highest BCUT2D eigenvalue weighted by atomic mass is 31.1. The van der Waals surface area contributed by atoms with E-state index in [1.54, 1.807) is 0 Å². The minimum atomic E-state index is -1.85. The second-order valence-electron chi connectivity index (χ2n) is 2.30. The van der Waals surface area contributed by atoms with Crippen LogP contribution < -0.4 is 0 Å². The van der Waals surface area contributed by atoms with Gasteiger partial charge in [-0.1, -0.05) is 26.2 Å². The lowest BCUT2D eigenvalue weighted by atomic mass is 10.2. The van der Waals surface area contributed by atoms with Gasteiger partial charge in [-0.25, -0.2) is 0 Å². The van der Waals surface area contributed by atoms with Gasteiger partial charge < -0.3 is 0 Å². The van der Waals surface area contributed by atoms with Gasteiger partial charge in [-0.05, 0) is 6.42 Å². The molecule has 1 atom stereocenters. The van der Waals surface area contributed by atoms with Crippen LogP contribution in [0.15, 0.2) is 0 Å². The Hall–Kier alpha value is 0.0200. The van der Waals surface area contributed by atoms with Gasteiger partial charge >= 0.3 is 8.25 Å². The zero-order valence-electron chi connectivity index (χ0n) is 7.21. The van der Waals surface area contributed by atoms with Crippen LogP contribution in [-0.4, -0.2) is 13.7 Å². The van der Waals surface area contributed by atoms with Crippen molar-refractivity contribution in [1.82, 2.24) is 0 Å². The van der Waals surface area contributed by atoms with Crippen LogP contribution in [0.1, 0.15) is 32.6 Å². The van der Waals surface area contributed by atoms with E-state index in [1.165, 1.54) is 20.0 Å². The first kappa shape index (κ1) is 11.0. The summed E-state index contributed by atoms with van der Waals surface area (Å²) in [5, 5.41) is 0. The van der Waals surface area contributed by atoms with Crippen LogP contribution in [0, 0.1) is 0 Å². The van der Waals surface area contributed by atoms with E-state index >= 15 is 0 Å². The molecule has 0 saturated carbocycles. The van der Waals surface area contributed by atoms with E-state index in [0.717, 1.165) is 12.8 Å². The van der Waals surface area contributed by atoms with E-state index in [2.05, 4.69) is 11.4 Å². The van der Waals surface area contributed by atoms with Crippen molar-refractivity contribution >= 4 is 8.25 Å². The van der Waals surface area contributed by atoms with Gasteiger partial charge in [-0.2, -0.15) is 0 Å². The van der Waals surface area contributed by atoms with Gasteiger partial charge in [0.25, 0.3) is 0 Å². The first-order valence-electron chi connectivity index (χ1n) is 3.95. The minimum Gasteiger partial charge on any atom is -0.122 e. The summed E-state index contributed by atoms with van der Waals surface area (Å²) < 4.78 is 19.8. The van der Waals surface area contributed by atoms with Gasteiger partial charge in [0.2, 0.25) is 0 Å². The van der Waals surface area contributed by atoms with Crippen molar-refractivity contribution < 1.29 is 13.6 Å².